The number of benzene rings is 1. The summed E-state index contributed by atoms with van der Waals surface area (Å²) in [5.41, 5.74) is 0. The third-order valence-electron chi connectivity index (χ3n) is 2.38. The van der Waals surface area contributed by atoms with Crippen molar-refractivity contribution in [2.45, 2.75) is 13.8 Å². The number of ether oxygens (including phenoxy) is 1. The molecule has 0 aromatic heterocycles. The van der Waals surface area contributed by atoms with Gasteiger partial charge in [0, 0.05) is 12.5 Å². The first-order valence-electron chi connectivity index (χ1n) is 5.02. The Morgan fingerprint density at radius 2 is 1.86 bits per heavy atom. The van der Waals surface area contributed by atoms with E-state index in [0.29, 0.717) is 12.5 Å². The maximum Gasteiger partial charge on any atom is 0.119 e. The largest absolute Gasteiger partial charge is 0.493 e. The highest BCUT2D eigenvalue weighted by Crippen LogP contribution is 2.14. The lowest BCUT2D eigenvalue weighted by molar-refractivity contribution is 0.130. The molecule has 2 heteroatoms. The van der Waals surface area contributed by atoms with E-state index in [2.05, 4.69) is 13.8 Å². The Morgan fingerprint density at radius 3 is 2.36 bits per heavy atom. The molecule has 78 valence electrons. The van der Waals surface area contributed by atoms with Gasteiger partial charge in [0.25, 0.3) is 0 Å². The van der Waals surface area contributed by atoms with Crippen molar-refractivity contribution in [1.82, 2.24) is 0 Å². The van der Waals surface area contributed by atoms with Crippen molar-refractivity contribution in [2.75, 3.05) is 13.2 Å². The van der Waals surface area contributed by atoms with E-state index in [1.165, 1.54) is 0 Å². The zero-order valence-corrected chi connectivity index (χ0v) is 8.81. The SMILES string of the molecule is CC(C)C(CO)COc1ccccc1. The van der Waals surface area contributed by atoms with Crippen LogP contribution in [0.5, 0.6) is 5.75 Å². The molecule has 1 unspecified atom stereocenters. The minimum absolute atomic E-state index is 0.185. The van der Waals surface area contributed by atoms with E-state index in [-0.39, 0.29) is 12.5 Å². The second-order valence-corrected chi connectivity index (χ2v) is 3.81. The monoisotopic (exact) mass is 194 g/mol. The molecule has 14 heavy (non-hydrogen) atoms. The summed E-state index contributed by atoms with van der Waals surface area (Å²) < 4.78 is 5.56. The van der Waals surface area contributed by atoms with E-state index in [1.54, 1.807) is 0 Å². The molecule has 1 aromatic carbocycles. The van der Waals surface area contributed by atoms with E-state index in [4.69, 9.17) is 9.84 Å². The molecule has 0 aliphatic rings. The first-order valence-corrected chi connectivity index (χ1v) is 5.02. The molecule has 0 bridgehead atoms. The third kappa shape index (κ3) is 3.38. The van der Waals surface area contributed by atoms with Gasteiger partial charge in [-0.25, -0.2) is 0 Å². The number of para-hydroxylation sites is 1. The second kappa shape index (κ2) is 5.66. The molecule has 2 nitrogen and oxygen atoms in total. The van der Waals surface area contributed by atoms with E-state index in [0.717, 1.165) is 5.75 Å². The smallest absolute Gasteiger partial charge is 0.119 e. The quantitative estimate of drug-likeness (QED) is 0.779. The number of aliphatic hydroxyl groups excluding tert-OH is 1. The Labute approximate surface area is 85.5 Å². The number of hydrogen-bond acceptors (Lipinski definition) is 2. The highest BCUT2D eigenvalue weighted by Gasteiger charge is 2.12. The molecule has 0 aliphatic carbocycles. The van der Waals surface area contributed by atoms with Crippen LogP contribution in [-0.4, -0.2) is 18.3 Å². The van der Waals surface area contributed by atoms with Crippen LogP contribution >= 0.6 is 0 Å². The lowest BCUT2D eigenvalue weighted by Gasteiger charge is -2.18. The fourth-order valence-electron chi connectivity index (χ4n) is 1.18. The summed E-state index contributed by atoms with van der Waals surface area (Å²) in [6.07, 6.45) is 0. The third-order valence-corrected chi connectivity index (χ3v) is 2.38. The van der Waals surface area contributed by atoms with Gasteiger partial charge in [0.15, 0.2) is 0 Å². The van der Waals surface area contributed by atoms with Gasteiger partial charge in [-0.05, 0) is 18.1 Å². The molecule has 0 spiro atoms. The molecule has 1 atom stereocenters. The van der Waals surface area contributed by atoms with E-state index < -0.39 is 0 Å². The van der Waals surface area contributed by atoms with Gasteiger partial charge in [-0.3, -0.25) is 0 Å². The average Bonchev–Trinajstić information content (AvgIpc) is 2.20. The molecule has 0 amide bonds. The van der Waals surface area contributed by atoms with Crippen LogP contribution in [0.15, 0.2) is 30.3 Å². The Hall–Kier alpha value is -1.02. The summed E-state index contributed by atoms with van der Waals surface area (Å²) in [5, 5.41) is 9.09. The minimum atomic E-state index is 0.185. The van der Waals surface area contributed by atoms with E-state index in [9.17, 15) is 0 Å². The summed E-state index contributed by atoms with van der Waals surface area (Å²) in [4.78, 5) is 0. The Bertz CT molecular complexity index is 244. The summed E-state index contributed by atoms with van der Waals surface area (Å²) in [5.74, 6) is 1.53. The molecule has 0 saturated carbocycles. The minimum Gasteiger partial charge on any atom is -0.493 e. The lowest BCUT2D eigenvalue weighted by atomic mass is 9.98. The molecule has 1 N–H and O–H groups in total. The van der Waals surface area contributed by atoms with E-state index >= 15 is 0 Å². The van der Waals surface area contributed by atoms with Crippen molar-refractivity contribution < 1.29 is 9.84 Å². The molecular weight excluding hydrogens is 176 g/mol. The molecule has 1 aromatic rings. The van der Waals surface area contributed by atoms with Gasteiger partial charge in [-0.1, -0.05) is 32.0 Å². The van der Waals surface area contributed by atoms with Gasteiger partial charge in [0.1, 0.15) is 5.75 Å². The maximum atomic E-state index is 9.09. The summed E-state index contributed by atoms with van der Waals surface area (Å²) in [7, 11) is 0. The van der Waals surface area contributed by atoms with Gasteiger partial charge < -0.3 is 9.84 Å². The van der Waals surface area contributed by atoms with Crippen LogP contribution in [0.2, 0.25) is 0 Å². The highest BCUT2D eigenvalue weighted by molar-refractivity contribution is 5.20. The first kappa shape index (κ1) is 11.1. The van der Waals surface area contributed by atoms with Crippen molar-refractivity contribution in [3.8, 4) is 5.75 Å². The Kier molecular flexibility index (Phi) is 4.47. The standard InChI is InChI=1S/C12H18O2/c1-10(2)11(8-13)9-14-12-6-4-3-5-7-12/h3-7,10-11,13H,8-9H2,1-2H3. The zero-order valence-electron chi connectivity index (χ0n) is 8.81. The average molecular weight is 194 g/mol. The maximum absolute atomic E-state index is 9.09. The normalized spacial score (nSPS) is 12.9. The van der Waals surface area contributed by atoms with Crippen molar-refractivity contribution in [3.05, 3.63) is 30.3 Å². The van der Waals surface area contributed by atoms with Crippen molar-refractivity contribution in [3.63, 3.8) is 0 Å². The van der Waals surface area contributed by atoms with Crippen LogP contribution in [-0.2, 0) is 0 Å². The van der Waals surface area contributed by atoms with Gasteiger partial charge in [-0.2, -0.15) is 0 Å². The predicted molar refractivity (Wildman–Crippen MR) is 57.4 cm³/mol. The van der Waals surface area contributed by atoms with Gasteiger partial charge in [0.2, 0.25) is 0 Å². The predicted octanol–water partition coefficient (Wildman–Crippen LogP) is 2.33. The molecular formula is C12H18O2. The van der Waals surface area contributed by atoms with Gasteiger partial charge in [0.05, 0.1) is 6.61 Å². The number of rotatable bonds is 5. The van der Waals surface area contributed by atoms with Crippen molar-refractivity contribution in [1.29, 1.82) is 0 Å². The molecule has 0 heterocycles. The van der Waals surface area contributed by atoms with Crippen LogP contribution < -0.4 is 4.74 Å². The fourth-order valence-corrected chi connectivity index (χ4v) is 1.18. The summed E-state index contributed by atoms with van der Waals surface area (Å²) in [6.45, 7) is 4.95. The van der Waals surface area contributed by atoms with E-state index in [1.807, 2.05) is 30.3 Å². The van der Waals surface area contributed by atoms with Crippen LogP contribution in [0.1, 0.15) is 13.8 Å². The molecule has 1 rings (SSSR count). The van der Waals surface area contributed by atoms with Crippen LogP contribution in [0.25, 0.3) is 0 Å². The van der Waals surface area contributed by atoms with Crippen LogP contribution in [0, 0.1) is 11.8 Å². The molecule has 0 radical (unpaired) electrons. The lowest BCUT2D eigenvalue weighted by Crippen LogP contribution is -2.21. The second-order valence-electron chi connectivity index (χ2n) is 3.81. The van der Waals surface area contributed by atoms with Gasteiger partial charge >= 0.3 is 0 Å². The summed E-state index contributed by atoms with van der Waals surface area (Å²) >= 11 is 0. The topological polar surface area (TPSA) is 29.5 Å². The van der Waals surface area contributed by atoms with Crippen LogP contribution in [0.3, 0.4) is 0 Å². The number of hydrogen-bond donors (Lipinski definition) is 1. The number of aliphatic hydroxyl groups is 1. The Morgan fingerprint density at radius 1 is 1.21 bits per heavy atom. The van der Waals surface area contributed by atoms with Crippen molar-refractivity contribution in [2.24, 2.45) is 11.8 Å². The summed E-state index contributed by atoms with van der Waals surface area (Å²) in [6, 6.07) is 9.69. The first-order chi connectivity index (χ1) is 6.74. The fraction of sp³-hybridized carbons (Fsp3) is 0.500. The molecule has 0 fully saturated rings. The Balaban J connectivity index is 2.40. The zero-order chi connectivity index (χ0) is 10.4. The van der Waals surface area contributed by atoms with Crippen molar-refractivity contribution >= 4 is 0 Å². The van der Waals surface area contributed by atoms with Gasteiger partial charge in [-0.15, -0.1) is 0 Å². The van der Waals surface area contributed by atoms with Crippen LogP contribution in [0.4, 0.5) is 0 Å². The highest BCUT2D eigenvalue weighted by atomic mass is 16.5. The molecule has 0 aliphatic heterocycles. The molecule has 0 saturated heterocycles.